The summed E-state index contributed by atoms with van der Waals surface area (Å²) >= 11 is 1.51. The lowest BCUT2D eigenvalue weighted by Gasteiger charge is -2.26. The highest BCUT2D eigenvalue weighted by atomic mass is 32.1. The minimum Gasteiger partial charge on any atom is -0.372 e. The molecule has 0 unspecified atom stereocenters. The molecule has 2 aromatic carbocycles. The number of nitrogens with one attached hydrogen (secondary N) is 1. The molecule has 1 amide bonds. The third kappa shape index (κ3) is 3.27. The van der Waals surface area contributed by atoms with Crippen LogP contribution in [-0.2, 0) is 10.4 Å². The van der Waals surface area contributed by atoms with Crippen molar-refractivity contribution in [2.24, 2.45) is 5.10 Å². The standard InChI is InChI=1S/C19H16N2O2S/c22-18(21-20-14-17-12-7-13-24-17)19(23,15-8-3-1-4-9-15)16-10-5-2-6-11-16/h1-14,23H,(H,21,22). The van der Waals surface area contributed by atoms with Gasteiger partial charge in [-0.1, -0.05) is 66.7 Å². The number of thiophene rings is 1. The summed E-state index contributed by atoms with van der Waals surface area (Å²) in [4.78, 5) is 13.6. The second-order valence-corrected chi connectivity index (χ2v) is 6.14. The summed E-state index contributed by atoms with van der Waals surface area (Å²) in [5.74, 6) is -0.604. The summed E-state index contributed by atoms with van der Waals surface area (Å²) in [7, 11) is 0. The quantitative estimate of drug-likeness (QED) is 0.555. The first-order valence-electron chi connectivity index (χ1n) is 7.41. The number of hydrogen-bond donors (Lipinski definition) is 2. The van der Waals surface area contributed by atoms with Crippen molar-refractivity contribution in [3.05, 3.63) is 94.2 Å². The van der Waals surface area contributed by atoms with Crippen molar-refractivity contribution >= 4 is 23.5 Å². The van der Waals surface area contributed by atoms with Crippen LogP contribution in [0, 0.1) is 0 Å². The monoisotopic (exact) mass is 336 g/mol. The van der Waals surface area contributed by atoms with Gasteiger partial charge in [0.15, 0.2) is 5.60 Å². The molecule has 0 fully saturated rings. The molecule has 2 N–H and O–H groups in total. The van der Waals surface area contributed by atoms with Crippen molar-refractivity contribution in [2.75, 3.05) is 0 Å². The summed E-state index contributed by atoms with van der Waals surface area (Å²) in [6.45, 7) is 0. The Bertz CT molecular complexity index is 776. The second-order valence-electron chi connectivity index (χ2n) is 5.16. The van der Waals surface area contributed by atoms with Gasteiger partial charge in [0.1, 0.15) is 0 Å². The lowest BCUT2D eigenvalue weighted by atomic mass is 9.85. The molecule has 0 saturated carbocycles. The molecule has 0 radical (unpaired) electrons. The average Bonchev–Trinajstić information content (AvgIpc) is 3.16. The summed E-state index contributed by atoms with van der Waals surface area (Å²) in [6.07, 6.45) is 1.55. The van der Waals surface area contributed by atoms with Crippen LogP contribution in [0.25, 0.3) is 0 Å². The first-order chi connectivity index (χ1) is 11.7. The van der Waals surface area contributed by atoms with Gasteiger partial charge in [0.05, 0.1) is 6.21 Å². The average molecular weight is 336 g/mol. The van der Waals surface area contributed by atoms with E-state index < -0.39 is 11.5 Å². The van der Waals surface area contributed by atoms with Gasteiger partial charge >= 0.3 is 0 Å². The van der Waals surface area contributed by atoms with E-state index in [0.29, 0.717) is 11.1 Å². The molecule has 24 heavy (non-hydrogen) atoms. The van der Waals surface area contributed by atoms with Gasteiger partial charge < -0.3 is 5.11 Å². The topological polar surface area (TPSA) is 61.7 Å². The van der Waals surface area contributed by atoms with Crippen LogP contribution in [-0.4, -0.2) is 17.2 Å². The van der Waals surface area contributed by atoms with Crippen LogP contribution in [0.3, 0.4) is 0 Å². The fourth-order valence-corrected chi connectivity index (χ4v) is 2.97. The molecular weight excluding hydrogens is 320 g/mol. The number of carbonyl (C=O) groups excluding carboxylic acids is 1. The number of amides is 1. The molecule has 120 valence electrons. The van der Waals surface area contributed by atoms with Crippen molar-refractivity contribution in [3.8, 4) is 0 Å². The molecule has 1 aromatic heterocycles. The van der Waals surface area contributed by atoms with E-state index in [1.165, 1.54) is 11.3 Å². The zero-order chi connectivity index (χ0) is 16.8. The molecule has 3 aromatic rings. The zero-order valence-electron chi connectivity index (χ0n) is 12.8. The highest BCUT2D eigenvalue weighted by Crippen LogP contribution is 2.29. The number of carbonyl (C=O) groups is 1. The van der Waals surface area contributed by atoms with E-state index in [2.05, 4.69) is 10.5 Å². The number of aliphatic hydroxyl groups is 1. The highest BCUT2D eigenvalue weighted by Gasteiger charge is 2.39. The molecule has 0 saturated heterocycles. The highest BCUT2D eigenvalue weighted by molar-refractivity contribution is 7.11. The Morgan fingerprint density at radius 2 is 1.54 bits per heavy atom. The Balaban J connectivity index is 1.91. The Morgan fingerprint density at radius 1 is 0.958 bits per heavy atom. The first kappa shape index (κ1) is 16.1. The van der Waals surface area contributed by atoms with Crippen LogP contribution >= 0.6 is 11.3 Å². The van der Waals surface area contributed by atoms with E-state index in [1.807, 2.05) is 29.6 Å². The van der Waals surface area contributed by atoms with E-state index in [-0.39, 0.29) is 0 Å². The minimum atomic E-state index is -1.81. The summed E-state index contributed by atoms with van der Waals surface area (Å²) in [5, 5.41) is 17.1. The summed E-state index contributed by atoms with van der Waals surface area (Å²) in [6, 6.07) is 21.5. The smallest absolute Gasteiger partial charge is 0.281 e. The lowest BCUT2D eigenvalue weighted by molar-refractivity contribution is -0.136. The normalized spacial score (nSPS) is 11.5. The maximum absolute atomic E-state index is 12.7. The van der Waals surface area contributed by atoms with Gasteiger partial charge in [-0.15, -0.1) is 11.3 Å². The van der Waals surface area contributed by atoms with Crippen LogP contribution in [0.2, 0.25) is 0 Å². The third-order valence-corrected chi connectivity index (χ3v) is 4.42. The minimum absolute atomic E-state index is 0.486. The summed E-state index contributed by atoms with van der Waals surface area (Å²) in [5.41, 5.74) is 1.61. The Hall–Kier alpha value is -2.76. The van der Waals surface area contributed by atoms with Gasteiger partial charge in [-0.25, -0.2) is 5.43 Å². The van der Waals surface area contributed by atoms with Gasteiger partial charge in [-0.3, -0.25) is 4.79 Å². The largest absolute Gasteiger partial charge is 0.372 e. The fraction of sp³-hybridized carbons (Fsp3) is 0.0526. The van der Waals surface area contributed by atoms with Crippen molar-refractivity contribution in [1.29, 1.82) is 0 Å². The molecular formula is C19H16N2O2S. The number of rotatable bonds is 5. The fourth-order valence-electron chi connectivity index (χ4n) is 2.39. The first-order valence-corrected chi connectivity index (χ1v) is 8.29. The number of hydrazone groups is 1. The van der Waals surface area contributed by atoms with Gasteiger partial charge in [0.2, 0.25) is 0 Å². The predicted molar refractivity (Wildman–Crippen MR) is 95.9 cm³/mol. The maximum atomic E-state index is 12.7. The van der Waals surface area contributed by atoms with Crippen LogP contribution in [0.15, 0.2) is 83.3 Å². The Kier molecular flexibility index (Phi) is 4.84. The van der Waals surface area contributed by atoms with E-state index in [9.17, 15) is 9.90 Å². The van der Waals surface area contributed by atoms with Gasteiger partial charge in [-0.2, -0.15) is 5.10 Å². The molecule has 0 bridgehead atoms. The predicted octanol–water partition coefficient (Wildman–Crippen LogP) is 3.13. The Morgan fingerprint density at radius 3 is 2.04 bits per heavy atom. The van der Waals surface area contributed by atoms with E-state index in [4.69, 9.17) is 0 Å². The molecule has 0 spiro atoms. The van der Waals surface area contributed by atoms with Gasteiger partial charge in [-0.05, 0) is 22.6 Å². The molecule has 5 heteroatoms. The van der Waals surface area contributed by atoms with Crippen LogP contribution in [0.4, 0.5) is 0 Å². The molecule has 4 nitrogen and oxygen atoms in total. The molecule has 1 heterocycles. The van der Waals surface area contributed by atoms with Crippen molar-refractivity contribution < 1.29 is 9.90 Å². The van der Waals surface area contributed by atoms with Crippen LogP contribution in [0.5, 0.6) is 0 Å². The van der Waals surface area contributed by atoms with Crippen molar-refractivity contribution in [2.45, 2.75) is 5.60 Å². The second kappa shape index (κ2) is 7.21. The number of hydrogen-bond acceptors (Lipinski definition) is 4. The molecule has 3 rings (SSSR count). The van der Waals surface area contributed by atoms with E-state index in [1.54, 1.807) is 54.7 Å². The van der Waals surface area contributed by atoms with E-state index >= 15 is 0 Å². The van der Waals surface area contributed by atoms with Gasteiger partial charge in [0.25, 0.3) is 5.91 Å². The molecule has 0 aliphatic carbocycles. The lowest BCUT2D eigenvalue weighted by Crippen LogP contribution is -2.43. The zero-order valence-corrected chi connectivity index (χ0v) is 13.6. The van der Waals surface area contributed by atoms with E-state index in [0.717, 1.165) is 4.88 Å². The third-order valence-electron chi connectivity index (χ3n) is 3.61. The van der Waals surface area contributed by atoms with Crippen LogP contribution < -0.4 is 5.43 Å². The van der Waals surface area contributed by atoms with Crippen LogP contribution in [0.1, 0.15) is 16.0 Å². The molecule has 0 aliphatic heterocycles. The van der Waals surface area contributed by atoms with Crippen molar-refractivity contribution in [3.63, 3.8) is 0 Å². The SMILES string of the molecule is O=C(NN=Cc1cccs1)C(O)(c1ccccc1)c1ccccc1. The Labute approximate surface area is 144 Å². The maximum Gasteiger partial charge on any atom is 0.281 e. The van der Waals surface area contributed by atoms with Gasteiger partial charge in [0, 0.05) is 4.88 Å². The number of nitrogens with zero attached hydrogens (tertiary/aromatic N) is 1. The number of benzene rings is 2. The summed E-state index contributed by atoms with van der Waals surface area (Å²) < 4.78 is 0. The van der Waals surface area contributed by atoms with Crippen molar-refractivity contribution in [1.82, 2.24) is 5.43 Å². The molecule has 0 aliphatic rings. The molecule has 0 atom stereocenters.